The molecular formula is C10H18N4OS. The molecule has 1 heterocycles. The first-order valence-corrected chi connectivity index (χ1v) is 6.25. The van der Waals surface area contributed by atoms with Gasteiger partial charge in [-0.05, 0) is 24.8 Å². The summed E-state index contributed by atoms with van der Waals surface area (Å²) in [5.41, 5.74) is 7.22. The van der Waals surface area contributed by atoms with E-state index in [1.807, 2.05) is 0 Å². The van der Waals surface area contributed by atoms with E-state index in [4.69, 9.17) is 5.73 Å². The molecule has 6 heteroatoms. The molecule has 0 aromatic carbocycles. The number of carbonyl (C=O) groups excluding carboxylic acids is 1. The molecule has 0 aliphatic heterocycles. The quantitative estimate of drug-likeness (QED) is 0.792. The first-order chi connectivity index (χ1) is 7.61. The molecule has 0 saturated carbocycles. The highest BCUT2D eigenvalue weighted by molar-refractivity contribution is 7.13. The van der Waals surface area contributed by atoms with Crippen LogP contribution in [0.3, 0.4) is 0 Å². The molecule has 1 rings (SSSR count). The second kappa shape index (κ2) is 6.55. The van der Waals surface area contributed by atoms with Gasteiger partial charge in [0, 0.05) is 6.42 Å². The lowest BCUT2D eigenvalue weighted by Gasteiger charge is -2.15. The fourth-order valence-electron chi connectivity index (χ4n) is 1.59. The van der Waals surface area contributed by atoms with Crippen molar-refractivity contribution in [3.05, 3.63) is 5.51 Å². The van der Waals surface area contributed by atoms with E-state index >= 15 is 0 Å². The summed E-state index contributed by atoms with van der Waals surface area (Å²) in [5, 5.41) is 10.7. The van der Waals surface area contributed by atoms with E-state index in [1.165, 1.54) is 11.3 Å². The van der Waals surface area contributed by atoms with E-state index in [0.29, 0.717) is 24.0 Å². The SMILES string of the molecule is CC(C)C[C@H](CN)CC(=O)Nc1nncs1. The molecule has 0 radical (unpaired) electrons. The number of aromatic nitrogens is 2. The van der Waals surface area contributed by atoms with Crippen molar-refractivity contribution in [2.45, 2.75) is 26.7 Å². The van der Waals surface area contributed by atoms with Crippen LogP contribution in [-0.2, 0) is 4.79 Å². The van der Waals surface area contributed by atoms with E-state index in [0.717, 1.165) is 6.42 Å². The summed E-state index contributed by atoms with van der Waals surface area (Å²) in [7, 11) is 0. The third kappa shape index (κ3) is 4.67. The standard InChI is InChI=1S/C10H18N4OS/c1-7(2)3-8(5-11)4-9(15)13-10-14-12-6-16-10/h6-8H,3-5,11H2,1-2H3,(H,13,14,15)/t8-/m0/s1. The largest absolute Gasteiger partial charge is 0.330 e. The third-order valence-corrected chi connectivity index (χ3v) is 2.83. The predicted molar refractivity (Wildman–Crippen MR) is 65.2 cm³/mol. The maximum absolute atomic E-state index is 11.6. The van der Waals surface area contributed by atoms with Crippen LogP contribution in [0.1, 0.15) is 26.7 Å². The van der Waals surface area contributed by atoms with Gasteiger partial charge in [-0.15, -0.1) is 10.2 Å². The molecule has 5 nitrogen and oxygen atoms in total. The zero-order valence-corrected chi connectivity index (χ0v) is 10.5. The van der Waals surface area contributed by atoms with Crippen molar-refractivity contribution in [2.75, 3.05) is 11.9 Å². The van der Waals surface area contributed by atoms with Gasteiger partial charge in [-0.3, -0.25) is 4.79 Å². The molecule has 0 spiro atoms. The maximum Gasteiger partial charge on any atom is 0.226 e. The van der Waals surface area contributed by atoms with Gasteiger partial charge in [-0.2, -0.15) is 0 Å². The van der Waals surface area contributed by atoms with Crippen molar-refractivity contribution in [1.29, 1.82) is 0 Å². The summed E-state index contributed by atoms with van der Waals surface area (Å²) >= 11 is 1.31. The van der Waals surface area contributed by atoms with E-state index in [9.17, 15) is 4.79 Å². The van der Waals surface area contributed by atoms with Gasteiger partial charge < -0.3 is 11.1 Å². The predicted octanol–water partition coefficient (Wildman–Crippen LogP) is 1.49. The summed E-state index contributed by atoms with van der Waals surface area (Å²) in [5.74, 6) is 0.767. The summed E-state index contributed by atoms with van der Waals surface area (Å²) in [6.07, 6.45) is 1.42. The molecule has 1 atom stereocenters. The van der Waals surface area contributed by atoms with Crippen LogP contribution in [0.4, 0.5) is 5.13 Å². The molecule has 0 bridgehead atoms. The highest BCUT2D eigenvalue weighted by atomic mass is 32.1. The Kier molecular flexibility index (Phi) is 5.34. The number of amides is 1. The molecule has 0 unspecified atom stereocenters. The van der Waals surface area contributed by atoms with Gasteiger partial charge in [0.05, 0.1) is 0 Å². The Hall–Kier alpha value is -1.01. The van der Waals surface area contributed by atoms with E-state index in [2.05, 4.69) is 29.4 Å². The van der Waals surface area contributed by atoms with Gasteiger partial charge >= 0.3 is 0 Å². The molecule has 1 amide bonds. The van der Waals surface area contributed by atoms with Crippen LogP contribution in [0.5, 0.6) is 0 Å². The zero-order valence-electron chi connectivity index (χ0n) is 9.64. The average Bonchev–Trinajstić information content (AvgIpc) is 2.68. The molecule has 0 saturated heterocycles. The van der Waals surface area contributed by atoms with Gasteiger partial charge in [-0.25, -0.2) is 0 Å². The average molecular weight is 242 g/mol. The van der Waals surface area contributed by atoms with Gasteiger partial charge in [0.1, 0.15) is 5.51 Å². The second-order valence-corrected chi connectivity index (χ2v) is 5.06. The Morgan fingerprint density at radius 2 is 2.38 bits per heavy atom. The van der Waals surface area contributed by atoms with Crippen molar-refractivity contribution in [3.63, 3.8) is 0 Å². The van der Waals surface area contributed by atoms with Crippen LogP contribution in [0, 0.1) is 11.8 Å². The monoisotopic (exact) mass is 242 g/mol. The number of hydrogen-bond donors (Lipinski definition) is 2. The number of nitrogens with one attached hydrogen (secondary N) is 1. The fraction of sp³-hybridized carbons (Fsp3) is 0.700. The van der Waals surface area contributed by atoms with Crippen molar-refractivity contribution in [2.24, 2.45) is 17.6 Å². The van der Waals surface area contributed by atoms with Crippen LogP contribution in [-0.4, -0.2) is 22.6 Å². The van der Waals surface area contributed by atoms with Gasteiger partial charge in [0.2, 0.25) is 11.0 Å². The Bertz CT molecular complexity index is 313. The third-order valence-electron chi connectivity index (χ3n) is 2.22. The van der Waals surface area contributed by atoms with E-state index in [1.54, 1.807) is 5.51 Å². The molecule has 90 valence electrons. The lowest BCUT2D eigenvalue weighted by Crippen LogP contribution is -2.23. The molecule has 0 aliphatic rings. The second-order valence-electron chi connectivity index (χ2n) is 4.23. The van der Waals surface area contributed by atoms with Crippen LogP contribution in [0.25, 0.3) is 0 Å². The number of rotatable bonds is 6. The Morgan fingerprint density at radius 1 is 1.62 bits per heavy atom. The fourth-order valence-corrected chi connectivity index (χ4v) is 2.05. The van der Waals surface area contributed by atoms with Gasteiger partial charge in [0.15, 0.2) is 0 Å². The molecule has 0 fully saturated rings. The number of nitrogens with two attached hydrogens (primary N) is 1. The first-order valence-electron chi connectivity index (χ1n) is 5.38. The first kappa shape index (κ1) is 13.1. The molecule has 0 aliphatic carbocycles. The summed E-state index contributed by atoms with van der Waals surface area (Å²) in [6, 6.07) is 0. The summed E-state index contributed by atoms with van der Waals surface area (Å²) < 4.78 is 0. The van der Waals surface area contributed by atoms with Crippen LogP contribution in [0.2, 0.25) is 0 Å². The van der Waals surface area contributed by atoms with Crippen LogP contribution in [0.15, 0.2) is 5.51 Å². The minimum absolute atomic E-state index is 0.0344. The smallest absolute Gasteiger partial charge is 0.226 e. The Balaban J connectivity index is 2.37. The highest BCUT2D eigenvalue weighted by Gasteiger charge is 2.14. The number of anilines is 1. The molecule has 3 N–H and O–H groups in total. The number of nitrogens with zero attached hydrogens (tertiary/aromatic N) is 2. The Morgan fingerprint density at radius 3 is 2.88 bits per heavy atom. The lowest BCUT2D eigenvalue weighted by atomic mass is 9.94. The molecular weight excluding hydrogens is 224 g/mol. The van der Waals surface area contributed by atoms with Gasteiger partial charge in [-0.1, -0.05) is 25.2 Å². The van der Waals surface area contributed by atoms with Crippen LogP contribution < -0.4 is 11.1 Å². The summed E-state index contributed by atoms with van der Waals surface area (Å²) in [6.45, 7) is 4.80. The normalized spacial score (nSPS) is 12.8. The molecule has 16 heavy (non-hydrogen) atoms. The Labute approximate surface area is 99.5 Å². The number of hydrogen-bond acceptors (Lipinski definition) is 5. The molecule has 1 aromatic rings. The number of carbonyl (C=O) groups is 1. The van der Waals surface area contributed by atoms with Gasteiger partial charge in [0.25, 0.3) is 0 Å². The lowest BCUT2D eigenvalue weighted by molar-refractivity contribution is -0.117. The topological polar surface area (TPSA) is 80.9 Å². The minimum atomic E-state index is -0.0344. The van der Waals surface area contributed by atoms with Crippen molar-refractivity contribution in [3.8, 4) is 0 Å². The molecule has 1 aromatic heterocycles. The maximum atomic E-state index is 11.6. The zero-order chi connectivity index (χ0) is 12.0. The summed E-state index contributed by atoms with van der Waals surface area (Å²) in [4.78, 5) is 11.6. The van der Waals surface area contributed by atoms with Crippen molar-refractivity contribution < 1.29 is 4.79 Å². The van der Waals surface area contributed by atoms with Crippen molar-refractivity contribution in [1.82, 2.24) is 10.2 Å². The van der Waals surface area contributed by atoms with Crippen LogP contribution >= 0.6 is 11.3 Å². The minimum Gasteiger partial charge on any atom is -0.330 e. The van der Waals surface area contributed by atoms with Crippen molar-refractivity contribution >= 4 is 22.4 Å². The highest BCUT2D eigenvalue weighted by Crippen LogP contribution is 2.16. The van der Waals surface area contributed by atoms with E-state index in [-0.39, 0.29) is 11.8 Å². The van der Waals surface area contributed by atoms with E-state index < -0.39 is 0 Å².